The van der Waals surface area contributed by atoms with Crippen molar-refractivity contribution in [2.45, 2.75) is 6.92 Å². The third-order valence-corrected chi connectivity index (χ3v) is 3.57. The first-order valence-electron chi connectivity index (χ1n) is 4.91. The smallest absolute Gasteiger partial charge is 0.139 e. The van der Waals surface area contributed by atoms with Crippen LogP contribution in [0.5, 0.6) is 0 Å². The Bertz CT molecular complexity index is 687. The molecule has 5 heteroatoms. The first kappa shape index (κ1) is 10.8. The van der Waals surface area contributed by atoms with Crippen LogP contribution in [0, 0.1) is 18.8 Å². The molecule has 0 saturated carbocycles. The lowest BCUT2D eigenvalue weighted by atomic mass is 10.1. The molecule has 0 saturated heterocycles. The molecule has 0 spiro atoms. The minimum Gasteiger partial charge on any atom is -0.339 e. The van der Waals surface area contributed by atoms with Crippen LogP contribution in [-0.4, -0.2) is 9.97 Å². The van der Waals surface area contributed by atoms with Gasteiger partial charge in [0.1, 0.15) is 11.5 Å². The van der Waals surface area contributed by atoms with Crippen molar-refractivity contribution >= 4 is 45.1 Å². The average Bonchev–Trinajstić information content (AvgIpc) is 2.69. The lowest BCUT2D eigenvalue weighted by Gasteiger charge is -2.00. The topological polar surface area (TPSA) is 28.7 Å². The number of aryl methyl sites for hydroxylation is 1. The normalized spacial score (nSPS) is 11.5. The van der Waals surface area contributed by atoms with Gasteiger partial charge in [-0.25, -0.2) is 9.37 Å². The molecule has 0 bridgehead atoms. The third kappa shape index (κ3) is 1.43. The summed E-state index contributed by atoms with van der Waals surface area (Å²) in [6.07, 6.45) is 1.47. The molecule has 0 aliphatic heterocycles. The predicted molar refractivity (Wildman–Crippen MR) is 67.2 cm³/mol. The van der Waals surface area contributed by atoms with Crippen LogP contribution < -0.4 is 0 Å². The molecule has 0 atom stereocenters. The van der Waals surface area contributed by atoms with Crippen molar-refractivity contribution in [3.8, 4) is 0 Å². The number of hydrogen-bond donors (Lipinski definition) is 1. The van der Waals surface area contributed by atoms with Gasteiger partial charge in [0.25, 0.3) is 0 Å². The highest BCUT2D eigenvalue weighted by Gasteiger charge is 2.15. The van der Waals surface area contributed by atoms with E-state index in [1.165, 1.54) is 12.3 Å². The summed E-state index contributed by atoms with van der Waals surface area (Å²) < 4.78 is 13.5. The van der Waals surface area contributed by atoms with Crippen LogP contribution in [0.3, 0.4) is 0 Å². The van der Waals surface area contributed by atoms with Crippen LogP contribution in [-0.2, 0) is 0 Å². The molecule has 0 unspecified atom stereocenters. The standard InChI is InChI=1S/C12H6Cl2FN2/c1-5-7(15)2-3-8-9(5)10-11(14)6(13)4-16-12(10)17-8/h2,4H,1H3,(H,16,17). The largest absolute Gasteiger partial charge is 0.339 e. The Morgan fingerprint density at radius 2 is 2.12 bits per heavy atom. The fraction of sp³-hybridized carbons (Fsp3) is 0.0833. The van der Waals surface area contributed by atoms with E-state index >= 15 is 0 Å². The maximum atomic E-state index is 13.5. The molecule has 0 fully saturated rings. The lowest BCUT2D eigenvalue weighted by molar-refractivity contribution is 0.621. The Hall–Kier alpha value is -1.32. The Kier molecular flexibility index (Phi) is 2.28. The van der Waals surface area contributed by atoms with E-state index in [1.807, 2.05) is 0 Å². The first-order valence-corrected chi connectivity index (χ1v) is 5.67. The van der Waals surface area contributed by atoms with Gasteiger partial charge in [-0.3, -0.25) is 0 Å². The van der Waals surface area contributed by atoms with Crippen molar-refractivity contribution in [1.29, 1.82) is 0 Å². The van der Waals surface area contributed by atoms with E-state index in [0.29, 0.717) is 37.5 Å². The second-order valence-electron chi connectivity index (χ2n) is 3.78. The van der Waals surface area contributed by atoms with Gasteiger partial charge in [0.2, 0.25) is 0 Å². The van der Waals surface area contributed by atoms with Crippen LogP contribution in [0.4, 0.5) is 4.39 Å². The monoisotopic (exact) mass is 267 g/mol. The van der Waals surface area contributed by atoms with Gasteiger partial charge in [0.15, 0.2) is 0 Å². The second-order valence-corrected chi connectivity index (χ2v) is 4.57. The van der Waals surface area contributed by atoms with E-state index in [-0.39, 0.29) is 5.82 Å². The number of hydrogen-bond acceptors (Lipinski definition) is 1. The van der Waals surface area contributed by atoms with E-state index in [1.54, 1.807) is 6.92 Å². The maximum Gasteiger partial charge on any atom is 0.139 e. The lowest BCUT2D eigenvalue weighted by Crippen LogP contribution is -1.83. The second kappa shape index (κ2) is 3.59. The summed E-state index contributed by atoms with van der Waals surface area (Å²) in [6.45, 7) is 1.69. The average molecular weight is 268 g/mol. The number of nitrogens with one attached hydrogen (secondary N) is 1. The zero-order chi connectivity index (χ0) is 12.2. The first-order chi connectivity index (χ1) is 8.09. The summed E-state index contributed by atoms with van der Waals surface area (Å²) in [7, 11) is 0. The molecule has 0 aliphatic rings. The molecule has 0 amide bonds. The van der Waals surface area contributed by atoms with Gasteiger partial charge in [-0.05, 0) is 18.6 Å². The van der Waals surface area contributed by atoms with Crippen molar-refractivity contribution in [2.75, 3.05) is 0 Å². The van der Waals surface area contributed by atoms with Crippen molar-refractivity contribution in [2.24, 2.45) is 0 Å². The van der Waals surface area contributed by atoms with Crippen LogP contribution in [0.2, 0.25) is 10.0 Å². The van der Waals surface area contributed by atoms with Crippen molar-refractivity contribution in [3.05, 3.63) is 39.8 Å². The number of H-pyrrole nitrogens is 1. The quantitative estimate of drug-likeness (QED) is 0.648. The highest BCUT2D eigenvalue weighted by atomic mass is 35.5. The minimum atomic E-state index is -0.325. The molecule has 0 aliphatic carbocycles. The summed E-state index contributed by atoms with van der Waals surface area (Å²) in [5.74, 6) is -0.325. The molecular formula is C12H6Cl2FN2. The fourth-order valence-electron chi connectivity index (χ4n) is 1.94. The molecule has 1 radical (unpaired) electrons. The molecule has 17 heavy (non-hydrogen) atoms. The maximum absolute atomic E-state index is 13.5. The Morgan fingerprint density at radius 1 is 1.35 bits per heavy atom. The van der Waals surface area contributed by atoms with Crippen LogP contribution in [0.15, 0.2) is 12.3 Å². The van der Waals surface area contributed by atoms with Crippen LogP contribution in [0.1, 0.15) is 5.56 Å². The molecule has 2 aromatic heterocycles. The molecule has 3 rings (SSSR count). The molecule has 1 aromatic carbocycles. The number of pyridine rings is 1. The molecule has 2 heterocycles. The van der Waals surface area contributed by atoms with Crippen molar-refractivity contribution in [1.82, 2.24) is 9.97 Å². The van der Waals surface area contributed by atoms with E-state index in [4.69, 9.17) is 23.2 Å². The van der Waals surface area contributed by atoms with Gasteiger partial charge in [-0.15, -0.1) is 0 Å². The van der Waals surface area contributed by atoms with E-state index in [2.05, 4.69) is 16.0 Å². The summed E-state index contributed by atoms with van der Waals surface area (Å²) >= 11 is 12.1. The fourth-order valence-corrected chi connectivity index (χ4v) is 2.32. The number of benzene rings is 1. The Labute approximate surface area is 106 Å². The van der Waals surface area contributed by atoms with E-state index in [0.717, 1.165) is 0 Å². The SMILES string of the molecule is Cc1c(F)c[c]c2[nH]c3ncc(Cl)c(Cl)c3c12. The molecular weight excluding hydrogens is 262 g/mol. The zero-order valence-electron chi connectivity index (χ0n) is 8.74. The van der Waals surface area contributed by atoms with Gasteiger partial charge in [-0.1, -0.05) is 23.2 Å². The van der Waals surface area contributed by atoms with Gasteiger partial charge >= 0.3 is 0 Å². The number of aromatic nitrogens is 2. The number of fused-ring (bicyclic) bond motifs is 3. The number of rotatable bonds is 0. The Morgan fingerprint density at radius 3 is 2.88 bits per heavy atom. The number of nitrogens with zero attached hydrogens (tertiary/aromatic N) is 1. The molecule has 2 nitrogen and oxygen atoms in total. The van der Waals surface area contributed by atoms with Crippen molar-refractivity contribution < 1.29 is 4.39 Å². The van der Waals surface area contributed by atoms with E-state index in [9.17, 15) is 4.39 Å². The van der Waals surface area contributed by atoms with E-state index < -0.39 is 0 Å². The molecule has 1 N–H and O–H groups in total. The highest BCUT2D eigenvalue weighted by molar-refractivity contribution is 6.46. The van der Waals surface area contributed by atoms with Gasteiger partial charge in [0.05, 0.1) is 15.6 Å². The predicted octanol–water partition coefficient (Wildman–Crippen LogP) is 4.27. The summed E-state index contributed by atoms with van der Waals surface area (Å²) in [5.41, 5.74) is 1.77. The van der Waals surface area contributed by atoms with Crippen LogP contribution >= 0.6 is 23.2 Å². The number of halogens is 3. The van der Waals surface area contributed by atoms with Crippen molar-refractivity contribution in [3.63, 3.8) is 0 Å². The minimum absolute atomic E-state index is 0.325. The van der Waals surface area contributed by atoms with Crippen LogP contribution in [0.25, 0.3) is 21.9 Å². The molecule has 85 valence electrons. The summed E-state index contributed by atoms with van der Waals surface area (Å²) in [6, 6.07) is 4.12. The summed E-state index contributed by atoms with van der Waals surface area (Å²) in [4.78, 5) is 7.17. The van der Waals surface area contributed by atoms with Gasteiger partial charge < -0.3 is 4.98 Å². The highest BCUT2D eigenvalue weighted by Crippen LogP contribution is 2.36. The summed E-state index contributed by atoms with van der Waals surface area (Å²) in [5, 5.41) is 2.05. The Balaban J connectivity index is 2.65. The third-order valence-electron chi connectivity index (χ3n) is 2.79. The number of aromatic amines is 1. The zero-order valence-corrected chi connectivity index (χ0v) is 10.2. The van der Waals surface area contributed by atoms with Gasteiger partial charge in [-0.2, -0.15) is 0 Å². The molecule has 3 aromatic rings. The van der Waals surface area contributed by atoms with Gasteiger partial charge in [0, 0.05) is 23.0 Å².